The summed E-state index contributed by atoms with van der Waals surface area (Å²) in [5.41, 5.74) is -2.86. The largest absolute Gasteiger partial charge is 0.472 e. The Bertz CT molecular complexity index is 1240. The van der Waals surface area contributed by atoms with Gasteiger partial charge >= 0.3 is 5.97 Å². The molecule has 0 radical (unpaired) electrons. The second kappa shape index (κ2) is 13.9. The van der Waals surface area contributed by atoms with Gasteiger partial charge in [-0.25, -0.2) is 4.79 Å². The molecule has 0 aromatic heterocycles. The summed E-state index contributed by atoms with van der Waals surface area (Å²) in [4.78, 5) is 12.9. The standard InChI is InChI=1S/C30H40O16/c1-29(46-18(34)8-7-14-5-3-2-4-6-14)11-17(33)30(40)9-10-41-28(25(29)30)45-27-23(39)21(37)24(16(13-32)43-27)44-26-22(38)20(36)19(35)15(12-31)42-26/h2-10,15-17,19-28,31-33,35-40H,11-13H2,1H3/b8-7+/t15-,16-,17-,19+,20+,21-,22-,23-,24-,25-,26+,27+,28+,29+,30-/m1/s1. The van der Waals surface area contributed by atoms with E-state index in [1.165, 1.54) is 25.2 Å². The molecule has 4 aliphatic rings. The van der Waals surface area contributed by atoms with E-state index in [1.54, 1.807) is 24.3 Å². The molecule has 0 unspecified atom stereocenters. The van der Waals surface area contributed by atoms with E-state index < -0.39 is 110 Å². The van der Waals surface area contributed by atoms with E-state index in [0.29, 0.717) is 0 Å². The first-order valence-corrected chi connectivity index (χ1v) is 14.8. The predicted molar refractivity (Wildman–Crippen MR) is 151 cm³/mol. The molecule has 1 aromatic rings. The highest BCUT2D eigenvalue weighted by Crippen LogP contribution is 2.51. The van der Waals surface area contributed by atoms with Gasteiger partial charge in [-0.15, -0.1) is 0 Å². The predicted octanol–water partition coefficient (Wildman–Crippen LogP) is -3.38. The zero-order valence-corrected chi connectivity index (χ0v) is 24.7. The lowest BCUT2D eigenvalue weighted by Crippen LogP contribution is -2.65. The molecule has 9 N–H and O–H groups in total. The van der Waals surface area contributed by atoms with Crippen molar-refractivity contribution in [2.45, 2.75) is 98.4 Å². The Morgan fingerprint density at radius 1 is 0.870 bits per heavy atom. The third kappa shape index (κ3) is 6.59. The maximum atomic E-state index is 12.9. The second-order valence-electron chi connectivity index (χ2n) is 12.0. The van der Waals surface area contributed by atoms with Crippen molar-refractivity contribution in [2.75, 3.05) is 13.2 Å². The molecule has 1 aliphatic carbocycles. The topological polar surface area (TPSA) is 255 Å². The van der Waals surface area contributed by atoms with E-state index in [2.05, 4.69) is 0 Å². The monoisotopic (exact) mass is 656 g/mol. The van der Waals surface area contributed by atoms with Crippen LogP contribution in [0.4, 0.5) is 0 Å². The van der Waals surface area contributed by atoms with Crippen LogP contribution in [-0.4, -0.2) is 150 Å². The van der Waals surface area contributed by atoms with Crippen LogP contribution in [0.3, 0.4) is 0 Å². The fourth-order valence-electron chi connectivity index (χ4n) is 6.40. The van der Waals surface area contributed by atoms with E-state index in [9.17, 15) is 50.8 Å². The molecule has 1 aromatic carbocycles. The molecule has 3 fully saturated rings. The number of carbonyl (C=O) groups is 1. The van der Waals surface area contributed by atoms with Gasteiger partial charge in [0.1, 0.15) is 60.0 Å². The van der Waals surface area contributed by atoms with Gasteiger partial charge in [0.15, 0.2) is 12.6 Å². The van der Waals surface area contributed by atoms with Crippen molar-refractivity contribution < 1.29 is 79.2 Å². The number of fused-ring (bicyclic) bond motifs is 1. The number of aliphatic hydroxyl groups is 9. The van der Waals surface area contributed by atoms with Gasteiger partial charge in [0.25, 0.3) is 0 Å². The number of aliphatic hydroxyl groups excluding tert-OH is 8. The Balaban J connectivity index is 1.31. The minimum Gasteiger partial charge on any atom is -0.472 e. The number of benzene rings is 1. The molecule has 0 amide bonds. The van der Waals surface area contributed by atoms with Gasteiger partial charge in [-0.3, -0.25) is 0 Å². The summed E-state index contributed by atoms with van der Waals surface area (Å²) in [7, 11) is 0. The molecule has 16 nitrogen and oxygen atoms in total. The van der Waals surface area contributed by atoms with E-state index >= 15 is 0 Å². The Labute approximate surface area is 263 Å². The van der Waals surface area contributed by atoms with Crippen molar-refractivity contribution in [1.82, 2.24) is 0 Å². The summed E-state index contributed by atoms with van der Waals surface area (Å²) in [6.07, 6.45) is -15.1. The Morgan fingerprint density at radius 2 is 1.50 bits per heavy atom. The van der Waals surface area contributed by atoms with Gasteiger partial charge in [0.05, 0.1) is 31.5 Å². The van der Waals surface area contributed by atoms with Crippen molar-refractivity contribution in [3.63, 3.8) is 0 Å². The Kier molecular flexibility index (Phi) is 10.5. The third-order valence-corrected chi connectivity index (χ3v) is 8.88. The molecule has 15 atom stereocenters. The first kappa shape index (κ1) is 34.8. The molecule has 5 rings (SSSR count). The van der Waals surface area contributed by atoms with Gasteiger partial charge in [0, 0.05) is 12.5 Å². The molecule has 3 heterocycles. The maximum absolute atomic E-state index is 12.9. The van der Waals surface area contributed by atoms with Crippen LogP contribution in [0.15, 0.2) is 48.7 Å². The van der Waals surface area contributed by atoms with Gasteiger partial charge in [-0.1, -0.05) is 30.3 Å². The van der Waals surface area contributed by atoms with Gasteiger partial charge in [-0.2, -0.15) is 0 Å². The average molecular weight is 657 g/mol. The number of hydrogen-bond donors (Lipinski definition) is 9. The second-order valence-corrected chi connectivity index (χ2v) is 12.0. The minimum absolute atomic E-state index is 0.225. The third-order valence-electron chi connectivity index (χ3n) is 8.88. The van der Waals surface area contributed by atoms with Crippen molar-refractivity contribution in [1.29, 1.82) is 0 Å². The number of hydrogen-bond acceptors (Lipinski definition) is 16. The highest BCUT2D eigenvalue weighted by atomic mass is 16.8. The quantitative estimate of drug-likeness (QED) is 0.0928. The fourth-order valence-corrected chi connectivity index (χ4v) is 6.40. The molecule has 0 spiro atoms. The van der Waals surface area contributed by atoms with Crippen LogP contribution in [-0.2, 0) is 33.2 Å². The van der Waals surface area contributed by atoms with Gasteiger partial charge < -0.3 is 74.4 Å². The lowest BCUT2D eigenvalue weighted by molar-refractivity contribution is -0.378. The Hall–Kier alpha value is -2.55. The summed E-state index contributed by atoms with van der Waals surface area (Å²) in [5.74, 6) is -2.06. The minimum atomic E-state index is -2.01. The van der Waals surface area contributed by atoms with Crippen molar-refractivity contribution in [2.24, 2.45) is 5.92 Å². The summed E-state index contributed by atoms with van der Waals surface area (Å²) in [6.45, 7) is -0.0850. The van der Waals surface area contributed by atoms with E-state index in [-0.39, 0.29) is 6.42 Å². The van der Waals surface area contributed by atoms with Crippen LogP contribution in [0.2, 0.25) is 0 Å². The summed E-state index contributed by atoms with van der Waals surface area (Å²) >= 11 is 0. The molecule has 2 saturated heterocycles. The van der Waals surface area contributed by atoms with Crippen LogP contribution in [0.25, 0.3) is 6.08 Å². The van der Waals surface area contributed by atoms with Gasteiger partial charge in [0.2, 0.25) is 6.29 Å². The van der Waals surface area contributed by atoms with Crippen LogP contribution in [0.5, 0.6) is 0 Å². The lowest BCUT2D eigenvalue weighted by atomic mass is 9.81. The molecular formula is C30H40O16. The normalized spacial score (nSPS) is 45.7. The Morgan fingerprint density at radius 3 is 2.17 bits per heavy atom. The molecule has 0 bridgehead atoms. The van der Waals surface area contributed by atoms with Crippen molar-refractivity contribution in [3.8, 4) is 0 Å². The van der Waals surface area contributed by atoms with Gasteiger partial charge in [-0.05, 0) is 24.6 Å². The smallest absolute Gasteiger partial charge is 0.331 e. The van der Waals surface area contributed by atoms with E-state index in [1.807, 2.05) is 6.07 Å². The van der Waals surface area contributed by atoms with Crippen LogP contribution >= 0.6 is 0 Å². The molecule has 256 valence electrons. The summed E-state index contributed by atoms with van der Waals surface area (Å²) < 4.78 is 33.8. The first-order chi connectivity index (χ1) is 21.8. The molecule has 1 saturated carbocycles. The zero-order valence-electron chi connectivity index (χ0n) is 24.7. The highest BCUT2D eigenvalue weighted by Gasteiger charge is 2.66. The van der Waals surface area contributed by atoms with Crippen LogP contribution < -0.4 is 0 Å². The number of esters is 1. The first-order valence-electron chi connectivity index (χ1n) is 14.8. The maximum Gasteiger partial charge on any atom is 0.331 e. The van der Waals surface area contributed by atoms with E-state index in [4.69, 9.17) is 28.4 Å². The number of rotatable bonds is 9. The lowest BCUT2D eigenvalue weighted by Gasteiger charge is -2.48. The summed E-state index contributed by atoms with van der Waals surface area (Å²) in [5, 5.41) is 94.2. The van der Waals surface area contributed by atoms with Crippen molar-refractivity contribution in [3.05, 3.63) is 54.3 Å². The van der Waals surface area contributed by atoms with Crippen LogP contribution in [0.1, 0.15) is 18.9 Å². The molecular weight excluding hydrogens is 616 g/mol. The SMILES string of the molecule is C[C@]1(OC(=O)/C=C/c2ccccc2)C[C@@H](O)[C@]2(O)C=CO[C@@H](O[C@@H]3O[C@H](CO)[C@@H](O[C@@H]4O[C@H](CO)[C@H](O)[C@H](O)[C@H]4O)[C@H](O)[C@H]3O)[C@@H]21. The van der Waals surface area contributed by atoms with Crippen molar-refractivity contribution >= 4 is 12.0 Å². The zero-order chi connectivity index (χ0) is 33.4. The molecule has 46 heavy (non-hydrogen) atoms. The highest BCUT2D eigenvalue weighted by molar-refractivity contribution is 5.87. The average Bonchev–Trinajstić information content (AvgIpc) is 3.24. The number of ether oxygens (including phenoxy) is 6. The number of carbonyl (C=O) groups excluding carboxylic acids is 1. The molecule has 16 heteroatoms. The van der Waals surface area contributed by atoms with E-state index in [0.717, 1.165) is 11.8 Å². The molecule has 3 aliphatic heterocycles. The summed E-state index contributed by atoms with van der Waals surface area (Å²) in [6, 6.07) is 8.94. The van der Waals surface area contributed by atoms with Crippen LogP contribution in [0, 0.1) is 5.92 Å². The fraction of sp³-hybridized carbons (Fsp3) is 0.633.